The predicted octanol–water partition coefficient (Wildman–Crippen LogP) is 2.68. The molecule has 0 aliphatic carbocycles. The van der Waals surface area contributed by atoms with E-state index in [1.807, 2.05) is 13.0 Å². The third-order valence-electron chi connectivity index (χ3n) is 3.18. The van der Waals surface area contributed by atoms with Crippen molar-refractivity contribution >= 4 is 0 Å². The molecule has 0 saturated carbocycles. The number of aryl methyl sites for hydroxylation is 3. The van der Waals surface area contributed by atoms with Gasteiger partial charge < -0.3 is 5.11 Å². The Morgan fingerprint density at radius 1 is 1.11 bits per heavy atom. The Labute approximate surface area is 108 Å². The number of hydrogen-bond acceptors (Lipinski definition) is 3. The maximum Gasteiger partial charge on any atom is 0.125 e. The SMILES string of the molecule is Cc1nccc(C(O)Cc2c(C)cccc2C)n1. The van der Waals surface area contributed by atoms with Crippen LogP contribution in [0, 0.1) is 20.8 Å². The molecule has 0 fully saturated rings. The Bertz CT molecular complexity index is 532. The van der Waals surface area contributed by atoms with E-state index in [0.717, 1.165) is 0 Å². The van der Waals surface area contributed by atoms with E-state index in [2.05, 4.69) is 35.9 Å². The molecule has 1 N–H and O–H groups in total. The van der Waals surface area contributed by atoms with Crippen LogP contribution < -0.4 is 0 Å². The van der Waals surface area contributed by atoms with Crippen molar-refractivity contribution in [1.82, 2.24) is 9.97 Å². The van der Waals surface area contributed by atoms with Crippen LogP contribution in [0.5, 0.6) is 0 Å². The minimum atomic E-state index is -0.577. The first-order valence-corrected chi connectivity index (χ1v) is 6.10. The molecule has 0 saturated heterocycles. The lowest BCUT2D eigenvalue weighted by molar-refractivity contribution is 0.173. The van der Waals surface area contributed by atoms with Crippen LogP contribution in [-0.2, 0) is 6.42 Å². The van der Waals surface area contributed by atoms with Crippen LogP contribution in [0.15, 0.2) is 30.5 Å². The molecule has 3 heteroatoms. The molecular formula is C15H18N2O. The van der Waals surface area contributed by atoms with Gasteiger partial charge in [-0.05, 0) is 43.5 Å². The van der Waals surface area contributed by atoms with Crippen LogP contribution in [0.2, 0.25) is 0 Å². The molecule has 0 spiro atoms. The summed E-state index contributed by atoms with van der Waals surface area (Å²) in [5, 5.41) is 10.3. The fourth-order valence-electron chi connectivity index (χ4n) is 2.13. The van der Waals surface area contributed by atoms with Gasteiger partial charge >= 0.3 is 0 Å². The summed E-state index contributed by atoms with van der Waals surface area (Å²) in [5.41, 5.74) is 4.30. The summed E-state index contributed by atoms with van der Waals surface area (Å²) >= 11 is 0. The van der Waals surface area contributed by atoms with Crippen LogP contribution in [0.4, 0.5) is 0 Å². The molecule has 94 valence electrons. The molecule has 1 unspecified atom stereocenters. The van der Waals surface area contributed by atoms with Crippen molar-refractivity contribution in [1.29, 1.82) is 0 Å². The van der Waals surface area contributed by atoms with Crippen LogP contribution in [-0.4, -0.2) is 15.1 Å². The van der Waals surface area contributed by atoms with Gasteiger partial charge in [0.25, 0.3) is 0 Å². The highest BCUT2D eigenvalue weighted by atomic mass is 16.3. The van der Waals surface area contributed by atoms with E-state index in [1.165, 1.54) is 16.7 Å². The van der Waals surface area contributed by atoms with Gasteiger partial charge in [-0.15, -0.1) is 0 Å². The minimum Gasteiger partial charge on any atom is -0.386 e. The molecule has 1 aromatic heterocycles. The molecule has 3 nitrogen and oxygen atoms in total. The topological polar surface area (TPSA) is 46.0 Å². The molecule has 0 amide bonds. The quantitative estimate of drug-likeness (QED) is 0.900. The summed E-state index contributed by atoms with van der Waals surface area (Å²) in [6, 6.07) is 7.95. The van der Waals surface area contributed by atoms with Gasteiger partial charge in [0.05, 0.1) is 5.69 Å². The second-order valence-electron chi connectivity index (χ2n) is 4.62. The summed E-state index contributed by atoms with van der Waals surface area (Å²) in [4.78, 5) is 8.31. The summed E-state index contributed by atoms with van der Waals surface area (Å²) in [5.74, 6) is 0.688. The third kappa shape index (κ3) is 2.74. The third-order valence-corrected chi connectivity index (χ3v) is 3.18. The van der Waals surface area contributed by atoms with Gasteiger partial charge in [0.15, 0.2) is 0 Å². The first-order valence-electron chi connectivity index (χ1n) is 6.10. The maximum absolute atomic E-state index is 10.3. The second kappa shape index (κ2) is 5.27. The first kappa shape index (κ1) is 12.7. The number of aliphatic hydroxyl groups is 1. The fourth-order valence-corrected chi connectivity index (χ4v) is 2.13. The lowest BCUT2D eigenvalue weighted by Gasteiger charge is -2.14. The molecule has 0 aliphatic rings. The number of nitrogens with zero attached hydrogens (tertiary/aromatic N) is 2. The zero-order valence-corrected chi connectivity index (χ0v) is 11.0. The highest BCUT2D eigenvalue weighted by molar-refractivity contribution is 5.34. The summed E-state index contributed by atoms with van der Waals surface area (Å²) in [6.45, 7) is 5.97. The predicted molar refractivity (Wildman–Crippen MR) is 71.3 cm³/mol. The molecule has 1 atom stereocenters. The van der Waals surface area contributed by atoms with Crippen LogP contribution >= 0.6 is 0 Å². The van der Waals surface area contributed by atoms with E-state index in [9.17, 15) is 5.11 Å². The van der Waals surface area contributed by atoms with Crippen molar-refractivity contribution in [2.24, 2.45) is 0 Å². The molecule has 18 heavy (non-hydrogen) atoms. The van der Waals surface area contributed by atoms with Crippen molar-refractivity contribution in [3.63, 3.8) is 0 Å². The van der Waals surface area contributed by atoms with Gasteiger partial charge in [-0.3, -0.25) is 0 Å². The maximum atomic E-state index is 10.3. The Kier molecular flexibility index (Phi) is 3.72. The van der Waals surface area contributed by atoms with Gasteiger partial charge in [-0.25, -0.2) is 9.97 Å². The number of rotatable bonds is 3. The van der Waals surface area contributed by atoms with E-state index >= 15 is 0 Å². The Hall–Kier alpha value is -1.74. The molecule has 1 aromatic carbocycles. The second-order valence-corrected chi connectivity index (χ2v) is 4.62. The first-order chi connectivity index (χ1) is 8.58. The average Bonchev–Trinajstić information content (AvgIpc) is 2.34. The monoisotopic (exact) mass is 242 g/mol. The van der Waals surface area contributed by atoms with Gasteiger partial charge in [-0.1, -0.05) is 18.2 Å². The van der Waals surface area contributed by atoms with E-state index in [0.29, 0.717) is 17.9 Å². The molecule has 1 heterocycles. The van der Waals surface area contributed by atoms with Gasteiger partial charge in [0.2, 0.25) is 0 Å². The Balaban J connectivity index is 2.24. The number of hydrogen-bond donors (Lipinski definition) is 1. The summed E-state index contributed by atoms with van der Waals surface area (Å²) in [6.07, 6.45) is 1.70. The Morgan fingerprint density at radius 2 is 1.78 bits per heavy atom. The lowest BCUT2D eigenvalue weighted by Crippen LogP contribution is -2.07. The van der Waals surface area contributed by atoms with Gasteiger partial charge in [0, 0.05) is 12.6 Å². The minimum absolute atomic E-state index is 0.577. The van der Waals surface area contributed by atoms with Crippen LogP contribution in [0.3, 0.4) is 0 Å². The van der Waals surface area contributed by atoms with E-state index in [-0.39, 0.29) is 0 Å². The van der Waals surface area contributed by atoms with Crippen LogP contribution in [0.25, 0.3) is 0 Å². The standard InChI is InChI=1S/C15H18N2O/c1-10-5-4-6-11(2)13(10)9-15(18)14-7-8-16-12(3)17-14/h4-8,15,18H,9H2,1-3H3. The van der Waals surface area contributed by atoms with Gasteiger partial charge in [0.1, 0.15) is 11.9 Å². The smallest absolute Gasteiger partial charge is 0.125 e. The van der Waals surface area contributed by atoms with Crippen molar-refractivity contribution in [3.05, 3.63) is 58.7 Å². The zero-order chi connectivity index (χ0) is 13.1. The van der Waals surface area contributed by atoms with E-state index in [1.54, 1.807) is 12.3 Å². The highest BCUT2D eigenvalue weighted by Gasteiger charge is 2.13. The fraction of sp³-hybridized carbons (Fsp3) is 0.333. The van der Waals surface area contributed by atoms with E-state index in [4.69, 9.17) is 0 Å². The molecule has 2 rings (SSSR count). The van der Waals surface area contributed by atoms with Crippen molar-refractivity contribution in [3.8, 4) is 0 Å². The highest BCUT2D eigenvalue weighted by Crippen LogP contribution is 2.21. The molecular weight excluding hydrogens is 224 g/mol. The lowest BCUT2D eigenvalue weighted by atomic mass is 9.96. The van der Waals surface area contributed by atoms with E-state index < -0.39 is 6.10 Å². The van der Waals surface area contributed by atoms with Crippen molar-refractivity contribution < 1.29 is 5.11 Å². The molecule has 0 radical (unpaired) electrons. The van der Waals surface area contributed by atoms with Crippen molar-refractivity contribution in [2.45, 2.75) is 33.3 Å². The average molecular weight is 242 g/mol. The molecule has 0 aliphatic heterocycles. The number of benzene rings is 1. The van der Waals surface area contributed by atoms with Gasteiger partial charge in [-0.2, -0.15) is 0 Å². The number of aliphatic hydroxyl groups excluding tert-OH is 1. The summed E-state index contributed by atoms with van der Waals surface area (Å²) in [7, 11) is 0. The Morgan fingerprint density at radius 3 is 2.39 bits per heavy atom. The normalized spacial score (nSPS) is 12.4. The van der Waals surface area contributed by atoms with Crippen molar-refractivity contribution in [2.75, 3.05) is 0 Å². The largest absolute Gasteiger partial charge is 0.386 e. The number of aromatic nitrogens is 2. The molecule has 0 bridgehead atoms. The van der Waals surface area contributed by atoms with Crippen LogP contribution in [0.1, 0.15) is 34.3 Å². The summed E-state index contributed by atoms with van der Waals surface area (Å²) < 4.78 is 0. The zero-order valence-electron chi connectivity index (χ0n) is 11.0. The molecule has 2 aromatic rings.